The number of hydrogen-bond acceptors (Lipinski definition) is 10. The molecule has 244 valence electrons. The fourth-order valence-corrected chi connectivity index (χ4v) is 0. The van der Waals surface area contributed by atoms with Crippen molar-refractivity contribution < 1.29 is 141 Å². The van der Waals surface area contributed by atoms with Crippen molar-refractivity contribution >= 4 is 115 Å². The zero-order valence-corrected chi connectivity index (χ0v) is 28.0. The molecule has 0 bridgehead atoms. The maximum absolute atomic E-state index is 8.74. The fraction of sp³-hybridized carbons (Fsp3) is 0. The predicted molar refractivity (Wildman–Crippen MR) is 117 cm³/mol. The first-order chi connectivity index (χ1) is 17.3. The molecule has 0 atom stereocenters. The van der Waals surface area contributed by atoms with Gasteiger partial charge < -0.3 is 95.9 Å². The lowest BCUT2D eigenvalue weighted by atomic mass is 15.8. The first-order valence-electron chi connectivity index (χ1n) is 6.51. The molecule has 0 amide bonds. The monoisotopic (exact) mass is 806 g/mol. The van der Waals surface area contributed by atoms with Crippen LogP contribution in [-0.2, 0) is 44.6 Å². The quantitative estimate of drug-likeness (QED) is 0.101. The van der Waals surface area contributed by atoms with Crippen molar-refractivity contribution in [2.24, 2.45) is 0 Å². The van der Waals surface area contributed by atoms with Gasteiger partial charge in [0, 0.05) is 0 Å². The van der Waals surface area contributed by atoms with Crippen LogP contribution in [0.3, 0.4) is 0 Å². The maximum atomic E-state index is 8.74. The summed E-state index contributed by atoms with van der Waals surface area (Å²) >= 11 is 0. The minimum absolute atomic E-state index is 0. The third-order valence-corrected chi connectivity index (χ3v) is 0. The molecule has 0 heterocycles. The summed E-state index contributed by atoms with van der Waals surface area (Å²) in [6.45, 7) is 0. The van der Waals surface area contributed by atoms with Gasteiger partial charge in [-0.15, -0.1) is 0 Å². The Kier molecular flexibility index (Phi) is 114. The van der Waals surface area contributed by atoms with Crippen molar-refractivity contribution in [1.82, 2.24) is 0 Å². The molecule has 0 spiro atoms. The summed E-state index contributed by atoms with van der Waals surface area (Å²) in [7, 11) is -31.3. The summed E-state index contributed by atoms with van der Waals surface area (Å²) in [4.78, 5) is 143. The average Bonchev–Trinajstić information content (AvgIpc) is 2.47. The van der Waals surface area contributed by atoms with Gasteiger partial charge in [-0.05, 0) is 0 Å². The van der Waals surface area contributed by atoms with Crippen molar-refractivity contribution in [2.45, 2.75) is 0 Å². The molecule has 0 radical (unpaired) electrons. The van der Waals surface area contributed by atoms with Gasteiger partial charge in [0.2, 0.25) is 0 Å². The molecule has 20 N–H and O–H groups in total. The van der Waals surface area contributed by atoms with E-state index in [0.717, 1.165) is 0 Å². The second-order valence-electron chi connectivity index (χ2n) is 2.83. The summed E-state index contributed by atoms with van der Waals surface area (Å²) in [5, 5.41) is 0. The number of hydrogen-bond donors (Lipinski definition) is 20. The topological polar surface area (TPSA) is 575 Å². The van der Waals surface area contributed by atoms with Gasteiger partial charge in [0.05, 0.1) is 0 Å². The minimum Gasteiger partial charge on any atom is -0.511 e. The first kappa shape index (κ1) is 71.3. The number of rotatable bonds is 0. The second-order valence-corrected chi connectivity index (χ2v) is 8.48. The molecule has 0 fully saturated rings. The van der Waals surface area contributed by atoms with Gasteiger partial charge >= 0.3 is 115 Å². The fourth-order valence-electron chi connectivity index (χ4n) is 0. The van der Waals surface area contributed by atoms with Crippen molar-refractivity contribution in [3.63, 3.8) is 0 Å². The molecule has 41 heteroatoms. The van der Waals surface area contributed by atoms with Crippen LogP contribution in [-0.4, -0.2) is 211 Å². The standard InChI is InChI=1S/Mg.10H2O3Si.2H/c;10*1-4(2)3;;/h;10*1-2H;;. The summed E-state index contributed by atoms with van der Waals surface area (Å²) < 4.78 is 87.4. The Hall–Kier alpha value is -3.06. The molecule has 41 heavy (non-hydrogen) atoms. The lowest BCUT2D eigenvalue weighted by Crippen LogP contribution is -1.90. The van der Waals surface area contributed by atoms with E-state index in [9.17, 15) is 0 Å². The van der Waals surface area contributed by atoms with E-state index in [-0.39, 0.29) is 23.1 Å². The van der Waals surface area contributed by atoms with E-state index in [1.165, 1.54) is 0 Å². The third-order valence-electron chi connectivity index (χ3n) is 0. The normalized spacial score (nSPS) is 5.85. The Morgan fingerprint density at radius 1 is 0.171 bits per heavy atom. The van der Waals surface area contributed by atoms with Crippen LogP contribution in [0.4, 0.5) is 0 Å². The van der Waals surface area contributed by atoms with Gasteiger partial charge in [0.15, 0.2) is 0 Å². The summed E-state index contributed by atoms with van der Waals surface area (Å²) in [5.74, 6) is 0. The highest BCUT2D eigenvalue weighted by Gasteiger charge is 1.87. The van der Waals surface area contributed by atoms with Gasteiger partial charge in [-0.2, -0.15) is 0 Å². The van der Waals surface area contributed by atoms with Crippen molar-refractivity contribution in [2.75, 3.05) is 0 Å². The molecule has 30 nitrogen and oxygen atoms in total. The first-order valence-corrected chi connectivity index (χ1v) is 19.5. The molecule has 0 aliphatic rings. The molecular weight excluding hydrogens is 785 g/mol. The van der Waals surface area contributed by atoms with Crippen molar-refractivity contribution in [3.05, 3.63) is 0 Å². The molecule has 0 aliphatic carbocycles. The van der Waals surface area contributed by atoms with Crippen molar-refractivity contribution in [1.29, 1.82) is 0 Å². The molecule has 0 rings (SSSR count). The smallest absolute Gasteiger partial charge is 0.511 e. The largest absolute Gasteiger partial charge is 0.761 e. The summed E-state index contributed by atoms with van der Waals surface area (Å²) in [5.41, 5.74) is 0. The Morgan fingerprint density at radius 3 is 0.171 bits per heavy atom. The van der Waals surface area contributed by atoms with Gasteiger partial charge in [0.25, 0.3) is 0 Å². The highest BCUT2D eigenvalue weighted by Crippen LogP contribution is 1.30. The van der Waals surface area contributed by atoms with E-state index >= 15 is 0 Å². The molecule has 0 aromatic heterocycles. The Labute approximate surface area is 254 Å². The van der Waals surface area contributed by atoms with Gasteiger partial charge in [-0.1, -0.05) is 0 Å². The van der Waals surface area contributed by atoms with Gasteiger partial charge in [-0.25, -0.2) is 0 Å². The Bertz CT molecular complexity index is 469. The van der Waals surface area contributed by atoms with Crippen LogP contribution in [0, 0.1) is 0 Å². The van der Waals surface area contributed by atoms with Crippen LogP contribution in [0.25, 0.3) is 0 Å². The molecule has 0 aromatic rings. The Morgan fingerprint density at radius 2 is 0.171 bits per heavy atom. The lowest BCUT2D eigenvalue weighted by molar-refractivity contribution is 0.328. The molecular formula is H22MgO30Si10. The summed E-state index contributed by atoms with van der Waals surface area (Å²) in [6.07, 6.45) is 0. The highest BCUT2D eigenvalue weighted by molar-refractivity contribution is 6.23. The lowest BCUT2D eigenvalue weighted by Gasteiger charge is -1.55. The van der Waals surface area contributed by atoms with E-state index in [2.05, 4.69) is 0 Å². The van der Waals surface area contributed by atoms with Crippen LogP contribution < -0.4 is 0 Å². The Balaban J connectivity index is -0.0000000270. The van der Waals surface area contributed by atoms with E-state index in [1.807, 2.05) is 0 Å². The SMILES string of the molecule is O=[Si](O)O.O=[Si](O)O.O=[Si](O)O.O=[Si](O)O.O=[Si](O)O.O=[Si](O)O.O=[Si](O)O.O=[Si](O)O.O=[Si](O)O.O=[Si](O)O.[MgH2]. The molecule has 0 unspecified atom stereocenters. The van der Waals surface area contributed by atoms with Gasteiger partial charge in [-0.3, -0.25) is 44.6 Å². The minimum atomic E-state index is -3.13. The summed E-state index contributed by atoms with van der Waals surface area (Å²) in [6, 6.07) is 0. The average molecular weight is 807 g/mol. The van der Waals surface area contributed by atoms with Gasteiger partial charge in [0.1, 0.15) is 0 Å². The van der Waals surface area contributed by atoms with Crippen LogP contribution in [0.15, 0.2) is 0 Å². The molecule has 0 aliphatic heterocycles. The predicted octanol–water partition coefficient (Wildman–Crippen LogP) is -17.1. The van der Waals surface area contributed by atoms with E-state index in [4.69, 9.17) is 141 Å². The molecule has 0 saturated carbocycles. The zero-order chi connectivity index (χ0) is 35.8. The third kappa shape index (κ3) is 4800. The van der Waals surface area contributed by atoms with Crippen LogP contribution >= 0.6 is 0 Å². The maximum Gasteiger partial charge on any atom is 0.761 e. The molecule has 0 saturated heterocycles. The second kappa shape index (κ2) is 65.7. The van der Waals surface area contributed by atoms with Crippen LogP contribution in [0.2, 0.25) is 0 Å². The highest BCUT2D eigenvalue weighted by atomic mass is 28.3. The van der Waals surface area contributed by atoms with Crippen molar-refractivity contribution in [3.8, 4) is 0 Å². The van der Waals surface area contributed by atoms with Crippen LogP contribution in [0.5, 0.6) is 0 Å². The molecule has 0 aromatic carbocycles. The zero-order valence-electron chi connectivity index (χ0n) is 18.0. The van der Waals surface area contributed by atoms with E-state index in [1.54, 1.807) is 0 Å². The van der Waals surface area contributed by atoms with E-state index < -0.39 is 91.7 Å². The van der Waals surface area contributed by atoms with Crippen LogP contribution in [0.1, 0.15) is 0 Å². The van der Waals surface area contributed by atoms with E-state index in [0.29, 0.717) is 0 Å².